The SMILES string of the molecule is COc1ccc2nc(NC3=[NH+][C@H](c4ccccc4)CC(=O)N3)nc(C)c2c1. The van der Waals surface area contributed by atoms with E-state index in [-0.39, 0.29) is 11.9 Å². The highest BCUT2D eigenvalue weighted by atomic mass is 16.5. The lowest BCUT2D eigenvalue weighted by molar-refractivity contribution is -0.513. The number of hydrogen-bond donors (Lipinski definition) is 3. The van der Waals surface area contributed by atoms with Crippen LogP contribution in [0.1, 0.15) is 23.7 Å². The number of hydrogen-bond acceptors (Lipinski definition) is 5. The Balaban J connectivity index is 1.64. The van der Waals surface area contributed by atoms with Gasteiger partial charge in [-0.25, -0.2) is 15.6 Å². The lowest BCUT2D eigenvalue weighted by atomic mass is 10.0. The van der Waals surface area contributed by atoms with Crippen LogP contribution in [0.3, 0.4) is 0 Å². The van der Waals surface area contributed by atoms with E-state index in [2.05, 4.69) is 25.6 Å². The largest absolute Gasteiger partial charge is 0.497 e. The van der Waals surface area contributed by atoms with Gasteiger partial charge in [-0.1, -0.05) is 30.3 Å². The van der Waals surface area contributed by atoms with Crippen molar-refractivity contribution >= 4 is 28.7 Å². The monoisotopic (exact) mass is 362 g/mol. The molecule has 2 heterocycles. The fraction of sp³-hybridized carbons (Fsp3) is 0.200. The molecule has 7 heteroatoms. The number of rotatable bonds is 3. The van der Waals surface area contributed by atoms with Gasteiger partial charge < -0.3 is 4.74 Å². The first-order chi connectivity index (χ1) is 13.1. The highest BCUT2D eigenvalue weighted by Crippen LogP contribution is 2.22. The van der Waals surface area contributed by atoms with Crippen LogP contribution in [0.5, 0.6) is 5.75 Å². The molecule has 0 saturated heterocycles. The van der Waals surface area contributed by atoms with Crippen LogP contribution in [0, 0.1) is 6.92 Å². The molecule has 0 unspecified atom stereocenters. The van der Waals surface area contributed by atoms with Crippen molar-refractivity contribution in [3.8, 4) is 5.75 Å². The average Bonchev–Trinajstić information content (AvgIpc) is 2.68. The Bertz CT molecular complexity index is 1030. The van der Waals surface area contributed by atoms with Crippen LogP contribution >= 0.6 is 0 Å². The molecule has 1 amide bonds. The summed E-state index contributed by atoms with van der Waals surface area (Å²) in [5.74, 6) is 1.59. The molecule has 136 valence electrons. The van der Waals surface area contributed by atoms with Gasteiger partial charge in [-0.3, -0.25) is 9.79 Å². The molecule has 0 bridgehead atoms. The third-order valence-electron chi connectivity index (χ3n) is 4.50. The molecule has 0 saturated carbocycles. The van der Waals surface area contributed by atoms with Crippen LogP contribution in [0.15, 0.2) is 48.5 Å². The second-order valence-electron chi connectivity index (χ2n) is 6.38. The van der Waals surface area contributed by atoms with Crippen LogP contribution in [0.2, 0.25) is 0 Å². The fourth-order valence-corrected chi connectivity index (χ4v) is 3.15. The first kappa shape index (κ1) is 17.0. The molecule has 3 aromatic rings. The quantitative estimate of drug-likeness (QED) is 0.648. The summed E-state index contributed by atoms with van der Waals surface area (Å²) in [6.07, 6.45) is 0.368. The van der Waals surface area contributed by atoms with Crippen molar-refractivity contribution in [1.82, 2.24) is 15.3 Å². The van der Waals surface area contributed by atoms with E-state index in [1.54, 1.807) is 7.11 Å². The summed E-state index contributed by atoms with van der Waals surface area (Å²) >= 11 is 0. The Hall–Kier alpha value is -3.48. The normalized spacial score (nSPS) is 16.6. The molecular formula is C20H20N5O2+. The number of guanidine groups is 1. The van der Waals surface area contributed by atoms with Gasteiger partial charge in [-0.15, -0.1) is 0 Å². The molecule has 7 nitrogen and oxygen atoms in total. The second-order valence-corrected chi connectivity index (χ2v) is 6.38. The molecular weight excluding hydrogens is 342 g/mol. The predicted octanol–water partition coefficient (Wildman–Crippen LogP) is 1.06. The summed E-state index contributed by atoms with van der Waals surface area (Å²) in [7, 11) is 1.63. The maximum Gasteiger partial charge on any atom is 0.358 e. The first-order valence-electron chi connectivity index (χ1n) is 8.70. The highest BCUT2D eigenvalue weighted by molar-refractivity contribution is 6.01. The van der Waals surface area contributed by atoms with E-state index in [9.17, 15) is 4.79 Å². The van der Waals surface area contributed by atoms with Gasteiger partial charge in [0.15, 0.2) is 0 Å². The van der Waals surface area contributed by atoms with Crippen molar-refractivity contribution < 1.29 is 14.5 Å². The summed E-state index contributed by atoms with van der Waals surface area (Å²) in [5, 5.41) is 6.82. The number of amides is 1. The summed E-state index contributed by atoms with van der Waals surface area (Å²) < 4.78 is 5.26. The van der Waals surface area contributed by atoms with Gasteiger partial charge in [0.25, 0.3) is 11.9 Å². The van der Waals surface area contributed by atoms with Gasteiger partial charge in [0.1, 0.15) is 11.8 Å². The van der Waals surface area contributed by atoms with Gasteiger partial charge in [0.05, 0.1) is 24.7 Å². The Kier molecular flexibility index (Phi) is 4.42. The molecule has 3 N–H and O–H groups in total. The van der Waals surface area contributed by atoms with Gasteiger partial charge in [-0.05, 0) is 30.7 Å². The first-order valence-corrected chi connectivity index (χ1v) is 8.70. The number of fused-ring (bicyclic) bond motifs is 1. The minimum Gasteiger partial charge on any atom is -0.497 e. The number of nitrogens with zero attached hydrogens (tertiary/aromatic N) is 2. The topological polar surface area (TPSA) is 90.1 Å². The average molecular weight is 362 g/mol. The Morgan fingerprint density at radius 1 is 1.19 bits per heavy atom. The van der Waals surface area contributed by atoms with Gasteiger partial charge in [0, 0.05) is 5.39 Å². The van der Waals surface area contributed by atoms with Gasteiger partial charge >= 0.3 is 5.96 Å². The molecule has 1 aliphatic rings. The number of carbonyl (C=O) groups is 1. The zero-order valence-electron chi connectivity index (χ0n) is 15.1. The van der Waals surface area contributed by atoms with E-state index >= 15 is 0 Å². The summed E-state index contributed by atoms with van der Waals surface area (Å²) in [5.41, 5.74) is 2.67. The molecule has 27 heavy (non-hydrogen) atoms. The Labute approximate surface area is 156 Å². The van der Waals surface area contributed by atoms with E-state index in [4.69, 9.17) is 4.74 Å². The smallest absolute Gasteiger partial charge is 0.358 e. The number of ether oxygens (including phenoxy) is 1. The van der Waals surface area contributed by atoms with Crippen LogP contribution in [-0.2, 0) is 4.79 Å². The van der Waals surface area contributed by atoms with E-state index in [0.29, 0.717) is 18.3 Å². The maximum atomic E-state index is 12.1. The standard InChI is InChI=1S/C20H19N5O2/c1-12-15-10-14(27-2)8-9-16(15)22-19(21-12)25-20-23-17(11-18(26)24-20)13-6-4-3-5-7-13/h3-10,17H,11H2,1-2H3,(H2,21,22,23,24,25,26)/p+1/t17-/m0/s1. The van der Waals surface area contributed by atoms with Crippen molar-refractivity contribution in [3.63, 3.8) is 0 Å². The number of anilines is 1. The minimum absolute atomic E-state index is 0.0626. The van der Waals surface area contributed by atoms with Crippen molar-refractivity contribution in [2.45, 2.75) is 19.4 Å². The Morgan fingerprint density at radius 2 is 2.00 bits per heavy atom. The van der Waals surface area contributed by atoms with Crippen molar-refractivity contribution in [2.75, 3.05) is 12.4 Å². The van der Waals surface area contributed by atoms with E-state index in [0.717, 1.165) is 27.9 Å². The molecule has 0 aliphatic carbocycles. The third kappa shape index (κ3) is 3.57. The lowest BCUT2D eigenvalue weighted by Crippen LogP contribution is -2.82. The summed E-state index contributed by atoms with van der Waals surface area (Å²) in [4.78, 5) is 24.5. The molecule has 1 atom stereocenters. The van der Waals surface area contributed by atoms with Crippen LogP contribution in [0.25, 0.3) is 10.9 Å². The lowest BCUT2D eigenvalue weighted by Gasteiger charge is -2.17. The van der Waals surface area contributed by atoms with Gasteiger partial charge in [0.2, 0.25) is 0 Å². The predicted molar refractivity (Wildman–Crippen MR) is 102 cm³/mol. The second kappa shape index (κ2) is 7.03. The number of aryl methyl sites for hydroxylation is 1. The van der Waals surface area contributed by atoms with Crippen LogP contribution in [-0.4, -0.2) is 28.9 Å². The molecule has 1 aliphatic heterocycles. The molecule has 1 aromatic heterocycles. The minimum atomic E-state index is -0.103. The number of benzene rings is 2. The zero-order valence-corrected chi connectivity index (χ0v) is 15.1. The van der Waals surface area contributed by atoms with Crippen LogP contribution < -0.4 is 20.4 Å². The van der Waals surface area contributed by atoms with E-state index < -0.39 is 0 Å². The van der Waals surface area contributed by atoms with E-state index in [1.165, 1.54) is 0 Å². The van der Waals surface area contributed by atoms with E-state index in [1.807, 2.05) is 55.5 Å². The fourth-order valence-electron chi connectivity index (χ4n) is 3.15. The molecule has 0 fully saturated rings. The summed E-state index contributed by atoms with van der Waals surface area (Å²) in [6, 6.07) is 15.4. The molecule has 0 spiro atoms. The van der Waals surface area contributed by atoms with Gasteiger partial charge in [-0.2, -0.15) is 4.98 Å². The Morgan fingerprint density at radius 3 is 2.78 bits per heavy atom. The highest BCUT2D eigenvalue weighted by Gasteiger charge is 2.27. The molecule has 2 aromatic carbocycles. The van der Waals surface area contributed by atoms with Crippen molar-refractivity contribution in [2.24, 2.45) is 0 Å². The van der Waals surface area contributed by atoms with Crippen molar-refractivity contribution in [3.05, 3.63) is 59.8 Å². The number of methoxy groups -OCH3 is 1. The van der Waals surface area contributed by atoms with Crippen LogP contribution in [0.4, 0.5) is 5.95 Å². The number of aromatic nitrogens is 2. The third-order valence-corrected chi connectivity index (χ3v) is 4.50. The van der Waals surface area contributed by atoms with Crippen molar-refractivity contribution in [1.29, 1.82) is 0 Å². The molecule has 0 radical (unpaired) electrons. The number of carbonyl (C=O) groups excluding carboxylic acids is 1. The maximum absolute atomic E-state index is 12.1. The zero-order chi connectivity index (χ0) is 18.8. The number of nitrogens with one attached hydrogen (secondary N) is 3. The summed E-state index contributed by atoms with van der Waals surface area (Å²) in [6.45, 7) is 1.92. The molecule has 4 rings (SSSR count).